The predicted octanol–water partition coefficient (Wildman–Crippen LogP) is 2.98. The number of anilines is 1. The molecule has 1 amide bonds. The van der Waals surface area contributed by atoms with E-state index in [9.17, 15) is 9.90 Å². The molecule has 0 spiro atoms. The van der Waals surface area contributed by atoms with Crippen LogP contribution in [0.5, 0.6) is 0 Å². The third-order valence-corrected chi connectivity index (χ3v) is 3.31. The number of carbonyl (C=O) groups is 1. The maximum Gasteiger partial charge on any atom is 0.256 e. The van der Waals surface area contributed by atoms with Crippen LogP contribution in [0.3, 0.4) is 0 Å². The molecule has 2 aromatic carbocycles. The van der Waals surface area contributed by atoms with Crippen molar-refractivity contribution >= 4 is 22.5 Å². The summed E-state index contributed by atoms with van der Waals surface area (Å²) >= 11 is 0. The van der Waals surface area contributed by atoms with Gasteiger partial charge in [-0.25, -0.2) is 0 Å². The molecule has 0 bridgehead atoms. The third-order valence-electron chi connectivity index (χ3n) is 3.31. The molecule has 0 radical (unpaired) electrons. The molecule has 0 aliphatic heterocycles. The predicted molar refractivity (Wildman–Crippen MR) is 82.1 cm³/mol. The fourth-order valence-corrected chi connectivity index (χ4v) is 2.30. The average Bonchev–Trinajstić information content (AvgIpc) is 2.54. The summed E-state index contributed by atoms with van der Waals surface area (Å²) in [6.45, 7) is -0.230. The number of carbonyl (C=O) groups excluding carboxylic acids is 1. The Morgan fingerprint density at radius 2 is 1.86 bits per heavy atom. The van der Waals surface area contributed by atoms with E-state index in [2.05, 4.69) is 10.3 Å². The van der Waals surface area contributed by atoms with Gasteiger partial charge in [-0.3, -0.25) is 9.78 Å². The summed E-state index contributed by atoms with van der Waals surface area (Å²) in [5.74, 6) is -0.252. The van der Waals surface area contributed by atoms with Gasteiger partial charge in [0.1, 0.15) is 0 Å². The molecule has 21 heavy (non-hydrogen) atoms. The molecule has 0 unspecified atom stereocenters. The van der Waals surface area contributed by atoms with Crippen LogP contribution in [0.1, 0.15) is 15.9 Å². The van der Waals surface area contributed by atoms with Crippen molar-refractivity contribution in [1.29, 1.82) is 0 Å². The first-order chi connectivity index (χ1) is 10.3. The zero-order valence-electron chi connectivity index (χ0n) is 11.3. The Bertz CT molecular complexity index is 785. The molecular formula is C17H14N2O2. The van der Waals surface area contributed by atoms with Crippen molar-refractivity contribution in [2.75, 3.05) is 5.32 Å². The van der Waals surface area contributed by atoms with Gasteiger partial charge in [-0.05, 0) is 24.3 Å². The average molecular weight is 278 g/mol. The first-order valence-corrected chi connectivity index (χ1v) is 6.63. The Labute approximate surface area is 122 Å². The Balaban J connectivity index is 2.02. The summed E-state index contributed by atoms with van der Waals surface area (Å²) in [4.78, 5) is 16.6. The molecule has 2 N–H and O–H groups in total. The van der Waals surface area contributed by atoms with E-state index in [0.717, 1.165) is 5.39 Å². The summed E-state index contributed by atoms with van der Waals surface area (Å²) in [5.41, 5.74) is 2.35. The van der Waals surface area contributed by atoms with Crippen molar-refractivity contribution in [2.24, 2.45) is 0 Å². The van der Waals surface area contributed by atoms with Crippen molar-refractivity contribution in [2.45, 2.75) is 6.61 Å². The fourth-order valence-electron chi connectivity index (χ4n) is 2.30. The number of pyridine rings is 1. The standard InChI is InChI=1S/C17H14N2O2/c20-11-15-14(9-8-12-5-4-10-18-16(12)15)17(21)19-13-6-2-1-3-7-13/h1-10,20H,11H2,(H,19,21). The molecule has 4 heteroatoms. The Morgan fingerprint density at radius 3 is 2.62 bits per heavy atom. The number of nitrogens with one attached hydrogen (secondary N) is 1. The van der Waals surface area contributed by atoms with Gasteiger partial charge in [0.25, 0.3) is 5.91 Å². The number of nitrogens with zero attached hydrogens (tertiary/aromatic N) is 1. The lowest BCUT2D eigenvalue weighted by Gasteiger charge is -2.11. The number of aliphatic hydroxyl groups is 1. The second-order valence-electron chi connectivity index (χ2n) is 4.65. The van der Waals surface area contributed by atoms with E-state index in [1.807, 2.05) is 48.5 Å². The lowest BCUT2D eigenvalue weighted by Crippen LogP contribution is -2.14. The van der Waals surface area contributed by atoms with Gasteiger partial charge in [0.05, 0.1) is 12.1 Å². The second-order valence-corrected chi connectivity index (χ2v) is 4.65. The van der Waals surface area contributed by atoms with Gasteiger partial charge in [-0.1, -0.05) is 30.3 Å². The minimum absolute atomic E-state index is 0.230. The highest BCUT2D eigenvalue weighted by atomic mass is 16.3. The van der Waals surface area contributed by atoms with Crippen molar-refractivity contribution in [3.05, 3.63) is 71.9 Å². The number of aliphatic hydroxyl groups excluding tert-OH is 1. The summed E-state index contributed by atoms with van der Waals surface area (Å²) in [6, 6.07) is 16.5. The number of fused-ring (bicyclic) bond motifs is 1. The zero-order chi connectivity index (χ0) is 14.7. The molecule has 104 valence electrons. The van der Waals surface area contributed by atoms with E-state index < -0.39 is 0 Å². The van der Waals surface area contributed by atoms with Crippen LogP contribution in [0.4, 0.5) is 5.69 Å². The van der Waals surface area contributed by atoms with Crippen molar-refractivity contribution in [3.63, 3.8) is 0 Å². The first kappa shape index (κ1) is 13.3. The Morgan fingerprint density at radius 1 is 1.05 bits per heavy atom. The van der Waals surface area contributed by atoms with Gasteiger partial charge in [0.15, 0.2) is 0 Å². The van der Waals surface area contributed by atoms with Crippen LogP contribution in [-0.4, -0.2) is 16.0 Å². The number of para-hydroxylation sites is 1. The van der Waals surface area contributed by atoms with Crippen molar-refractivity contribution in [1.82, 2.24) is 4.98 Å². The summed E-state index contributed by atoms with van der Waals surface area (Å²) < 4.78 is 0. The van der Waals surface area contributed by atoms with Gasteiger partial charge < -0.3 is 10.4 Å². The quantitative estimate of drug-likeness (QED) is 0.774. The Kier molecular flexibility index (Phi) is 3.62. The number of rotatable bonds is 3. The Hall–Kier alpha value is -2.72. The summed E-state index contributed by atoms with van der Waals surface area (Å²) in [5, 5.41) is 13.3. The highest BCUT2D eigenvalue weighted by Gasteiger charge is 2.14. The normalized spacial score (nSPS) is 10.5. The molecule has 0 aliphatic rings. The van der Waals surface area contributed by atoms with Crippen molar-refractivity contribution in [3.8, 4) is 0 Å². The van der Waals surface area contributed by atoms with Gasteiger partial charge in [-0.15, -0.1) is 0 Å². The van der Waals surface area contributed by atoms with E-state index in [0.29, 0.717) is 22.3 Å². The highest BCUT2D eigenvalue weighted by Crippen LogP contribution is 2.21. The van der Waals surface area contributed by atoms with Crippen LogP contribution in [0.15, 0.2) is 60.8 Å². The van der Waals surface area contributed by atoms with Crippen LogP contribution >= 0.6 is 0 Å². The highest BCUT2D eigenvalue weighted by molar-refractivity contribution is 6.07. The van der Waals surface area contributed by atoms with Gasteiger partial charge in [0.2, 0.25) is 0 Å². The van der Waals surface area contributed by atoms with Gasteiger partial charge >= 0.3 is 0 Å². The largest absolute Gasteiger partial charge is 0.392 e. The second kappa shape index (κ2) is 5.73. The lowest BCUT2D eigenvalue weighted by molar-refractivity contribution is 0.102. The number of hydrogen-bond acceptors (Lipinski definition) is 3. The van der Waals surface area contributed by atoms with E-state index in [-0.39, 0.29) is 12.5 Å². The van der Waals surface area contributed by atoms with E-state index in [1.54, 1.807) is 12.3 Å². The molecule has 1 heterocycles. The topological polar surface area (TPSA) is 62.2 Å². The molecule has 0 saturated carbocycles. The number of amides is 1. The van der Waals surface area contributed by atoms with E-state index >= 15 is 0 Å². The van der Waals surface area contributed by atoms with Crippen LogP contribution in [0.25, 0.3) is 10.9 Å². The molecule has 3 rings (SSSR count). The summed E-state index contributed by atoms with van der Waals surface area (Å²) in [7, 11) is 0. The minimum Gasteiger partial charge on any atom is -0.392 e. The van der Waals surface area contributed by atoms with Gasteiger partial charge in [0, 0.05) is 28.4 Å². The van der Waals surface area contributed by atoms with E-state index in [4.69, 9.17) is 0 Å². The minimum atomic E-state index is -0.252. The van der Waals surface area contributed by atoms with Crippen LogP contribution < -0.4 is 5.32 Å². The van der Waals surface area contributed by atoms with E-state index in [1.165, 1.54) is 0 Å². The third kappa shape index (κ3) is 2.61. The molecule has 0 atom stereocenters. The molecule has 3 aromatic rings. The molecule has 4 nitrogen and oxygen atoms in total. The lowest BCUT2D eigenvalue weighted by atomic mass is 10.0. The molecular weight excluding hydrogens is 264 g/mol. The van der Waals surface area contributed by atoms with Crippen LogP contribution in [0, 0.1) is 0 Å². The monoisotopic (exact) mass is 278 g/mol. The molecule has 0 saturated heterocycles. The zero-order valence-corrected chi connectivity index (χ0v) is 11.3. The first-order valence-electron chi connectivity index (χ1n) is 6.63. The number of benzene rings is 2. The summed E-state index contributed by atoms with van der Waals surface area (Å²) in [6.07, 6.45) is 1.65. The fraction of sp³-hybridized carbons (Fsp3) is 0.0588. The maximum absolute atomic E-state index is 12.4. The van der Waals surface area contributed by atoms with Gasteiger partial charge in [-0.2, -0.15) is 0 Å². The van der Waals surface area contributed by atoms with Crippen LogP contribution in [0.2, 0.25) is 0 Å². The number of aromatic nitrogens is 1. The molecule has 0 aliphatic carbocycles. The molecule has 0 fully saturated rings. The van der Waals surface area contributed by atoms with Crippen LogP contribution in [-0.2, 0) is 6.61 Å². The molecule has 1 aromatic heterocycles. The smallest absolute Gasteiger partial charge is 0.256 e. The SMILES string of the molecule is O=C(Nc1ccccc1)c1ccc2cccnc2c1CO. The number of hydrogen-bond donors (Lipinski definition) is 2. The maximum atomic E-state index is 12.4. The van der Waals surface area contributed by atoms with Crippen molar-refractivity contribution < 1.29 is 9.90 Å².